The number of hydrogen-bond acceptors (Lipinski definition) is 3. The third-order valence-electron chi connectivity index (χ3n) is 2.17. The lowest BCUT2D eigenvalue weighted by Gasteiger charge is -2.24. The van der Waals surface area contributed by atoms with Crippen molar-refractivity contribution in [2.75, 3.05) is 0 Å². The molecule has 4 N–H and O–H groups in total. The molecule has 0 bridgehead atoms. The van der Waals surface area contributed by atoms with Crippen LogP contribution in [-0.2, 0) is 9.13 Å². The monoisotopic (exact) mass is 275 g/mol. The summed E-state index contributed by atoms with van der Waals surface area (Å²) >= 11 is -0.181. The van der Waals surface area contributed by atoms with Crippen molar-refractivity contribution in [3.05, 3.63) is 0 Å². The first-order chi connectivity index (χ1) is 6.79. The van der Waals surface area contributed by atoms with Gasteiger partial charge in [0.1, 0.15) is 0 Å². The van der Waals surface area contributed by atoms with Gasteiger partial charge in [0.25, 0.3) is 0 Å². The average Bonchev–Trinajstić information content (AvgIpc) is 1.99. The molecule has 0 radical (unpaired) electrons. The molecule has 0 aromatic heterocycles. The van der Waals surface area contributed by atoms with Crippen LogP contribution in [0.4, 0.5) is 0 Å². The maximum atomic E-state index is 11.4. The first kappa shape index (κ1) is 13.7. The average molecular weight is 275 g/mol. The highest BCUT2D eigenvalue weighted by Crippen LogP contribution is 2.70. The van der Waals surface area contributed by atoms with Crippen molar-refractivity contribution in [1.29, 1.82) is 0 Å². The second-order valence-electron chi connectivity index (χ2n) is 3.56. The molecular formula is C6H15NO5P2S. The summed E-state index contributed by atoms with van der Waals surface area (Å²) in [5.74, 6) is 0. The van der Waals surface area contributed by atoms with E-state index in [2.05, 4.69) is 5.09 Å². The number of hydrogen-bond donors (Lipinski definition) is 4. The van der Waals surface area contributed by atoms with E-state index in [-0.39, 0.29) is 17.0 Å². The van der Waals surface area contributed by atoms with Crippen LogP contribution in [0.1, 0.15) is 32.1 Å². The van der Waals surface area contributed by atoms with Crippen molar-refractivity contribution in [2.45, 2.75) is 38.1 Å². The highest BCUT2D eigenvalue weighted by Gasteiger charge is 2.33. The highest BCUT2D eigenvalue weighted by atomic mass is 33.1. The zero-order valence-corrected chi connectivity index (χ0v) is 10.7. The third kappa shape index (κ3) is 6.07. The Kier molecular flexibility index (Phi) is 4.86. The van der Waals surface area contributed by atoms with Crippen LogP contribution in [-0.4, -0.2) is 20.7 Å². The fraction of sp³-hybridized carbons (Fsp3) is 1.00. The van der Waals surface area contributed by atoms with Crippen molar-refractivity contribution in [1.82, 2.24) is 5.09 Å². The fourth-order valence-electron chi connectivity index (χ4n) is 1.63. The van der Waals surface area contributed by atoms with Crippen molar-refractivity contribution in [2.24, 2.45) is 0 Å². The zero-order chi connectivity index (χ0) is 11.5. The molecule has 0 aliphatic heterocycles. The first-order valence-corrected chi connectivity index (χ1v) is 9.96. The van der Waals surface area contributed by atoms with Crippen molar-refractivity contribution in [3.8, 4) is 0 Å². The Balaban J connectivity index is 2.47. The largest absolute Gasteiger partial charge is 0.394 e. The fourth-order valence-corrected chi connectivity index (χ4v) is 7.16. The van der Waals surface area contributed by atoms with Crippen molar-refractivity contribution in [3.63, 3.8) is 0 Å². The van der Waals surface area contributed by atoms with Gasteiger partial charge in [0, 0.05) is 6.04 Å². The van der Waals surface area contributed by atoms with Gasteiger partial charge in [-0.1, -0.05) is 19.3 Å². The van der Waals surface area contributed by atoms with E-state index in [0.29, 0.717) is 0 Å². The molecule has 9 heteroatoms. The van der Waals surface area contributed by atoms with Gasteiger partial charge < -0.3 is 14.7 Å². The Labute approximate surface area is 92.0 Å². The van der Waals surface area contributed by atoms with E-state index < -0.39 is 13.5 Å². The van der Waals surface area contributed by atoms with Crippen molar-refractivity contribution >= 4 is 24.5 Å². The maximum absolute atomic E-state index is 11.4. The van der Waals surface area contributed by atoms with Crippen molar-refractivity contribution < 1.29 is 23.8 Å². The predicted molar refractivity (Wildman–Crippen MR) is 59.5 cm³/mol. The van der Waals surface area contributed by atoms with Gasteiger partial charge in [0.2, 0.25) is 0 Å². The summed E-state index contributed by atoms with van der Waals surface area (Å²) in [6.45, 7) is -8.49. The van der Waals surface area contributed by atoms with Crippen LogP contribution in [0.2, 0.25) is 0 Å². The number of nitrogens with one attached hydrogen (secondary N) is 1. The molecule has 1 aliphatic carbocycles. The Bertz CT molecular complexity index is 300. The van der Waals surface area contributed by atoms with E-state index in [1.165, 1.54) is 0 Å². The van der Waals surface area contributed by atoms with Crippen LogP contribution in [0.5, 0.6) is 0 Å². The van der Waals surface area contributed by atoms with Gasteiger partial charge in [-0.15, -0.1) is 0 Å². The lowest BCUT2D eigenvalue weighted by molar-refractivity contribution is 0.392. The van der Waals surface area contributed by atoms with Gasteiger partial charge in [0.05, 0.1) is 11.0 Å². The molecule has 0 saturated heterocycles. The van der Waals surface area contributed by atoms with Gasteiger partial charge in [-0.2, -0.15) is 0 Å². The van der Waals surface area contributed by atoms with E-state index in [1.54, 1.807) is 0 Å². The highest BCUT2D eigenvalue weighted by molar-refractivity contribution is 8.84. The topological polar surface area (TPSA) is 107 Å². The van der Waals surface area contributed by atoms with Gasteiger partial charge in [0.15, 0.2) is 0 Å². The molecule has 1 saturated carbocycles. The second-order valence-corrected chi connectivity index (χ2v) is 10.9. The van der Waals surface area contributed by atoms with Gasteiger partial charge in [-0.3, -0.25) is 4.57 Å². The molecule has 0 aromatic rings. The minimum Gasteiger partial charge on any atom is -0.325 e. The molecule has 0 spiro atoms. The van der Waals surface area contributed by atoms with Crippen LogP contribution < -0.4 is 5.09 Å². The number of rotatable bonds is 4. The smallest absolute Gasteiger partial charge is 0.325 e. The Morgan fingerprint density at radius 2 is 1.60 bits per heavy atom. The van der Waals surface area contributed by atoms with E-state index in [0.717, 1.165) is 32.1 Å². The Morgan fingerprint density at radius 3 is 2.07 bits per heavy atom. The lowest BCUT2D eigenvalue weighted by Crippen LogP contribution is -2.27. The molecule has 1 rings (SSSR count). The molecule has 1 atom stereocenters. The summed E-state index contributed by atoms with van der Waals surface area (Å²) < 4.78 is 22.0. The predicted octanol–water partition coefficient (Wildman–Crippen LogP) is 1.83. The molecular weight excluding hydrogens is 260 g/mol. The van der Waals surface area contributed by atoms with E-state index in [4.69, 9.17) is 9.79 Å². The zero-order valence-electron chi connectivity index (χ0n) is 8.07. The van der Waals surface area contributed by atoms with Crippen LogP contribution in [0.15, 0.2) is 0 Å². The van der Waals surface area contributed by atoms with E-state index in [9.17, 15) is 14.0 Å². The van der Waals surface area contributed by atoms with Gasteiger partial charge in [-0.25, -0.2) is 9.65 Å². The van der Waals surface area contributed by atoms with Crippen LogP contribution >= 0.6 is 24.5 Å². The Hall–Kier alpha value is 0.650. The molecule has 0 aromatic carbocycles. The van der Waals surface area contributed by atoms with Gasteiger partial charge >= 0.3 is 13.5 Å². The van der Waals surface area contributed by atoms with Gasteiger partial charge in [-0.05, 0) is 12.8 Å². The third-order valence-corrected chi connectivity index (χ3v) is 8.82. The second kappa shape index (κ2) is 5.32. The van der Waals surface area contributed by atoms with Crippen LogP contribution in [0.3, 0.4) is 0 Å². The molecule has 1 unspecified atom stereocenters. The molecule has 15 heavy (non-hydrogen) atoms. The molecule has 90 valence electrons. The van der Waals surface area contributed by atoms with Crippen LogP contribution in [0, 0.1) is 0 Å². The Morgan fingerprint density at radius 1 is 1.07 bits per heavy atom. The minimum atomic E-state index is -4.51. The first-order valence-electron chi connectivity index (χ1n) is 4.66. The van der Waals surface area contributed by atoms with E-state index in [1.807, 2.05) is 0 Å². The summed E-state index contributed by atoms with van der Waals surface area (Å²) in [6.07, 6.45) is 4.65. The maximum Gasteiger partial charge on any atom is 0.394 e. The minimum absolute atomic E-state index is 0.103. The summed E-state index contributed by atoms with van der Waals surface area (Å²) in [4.78, 5) is 26.5. The summed E-state index contributed by atoms with van der Waals surface area (Å²) in [5, 5.41) is 2.43. The quantitative estimate of drug-likeness (QED) is 0.580. The van der Waals surface area contributed by atoms with Crippen LogP contribution in [0.25, 0.3) is 0 Å². The molecule has 0 amide bonds. The molecule has 0 heterocycles. The SMILES string of the molecule is O=P(O)(O)SP(=O)(O)NC1CCCCC1. The lowest BCUT2D eigenvalue weighted by atomic mass is 9.96. The summed E-state index contributed by atoms with van der Waals surface area (Å²) in [5.41, 5.74) is 0. The summed E-state index contributed by atoms with van der Waals surface area (Å²) in [7, 11) is 0. The molecule has 1 aliphatic rings. The summed E-state index contributed by atoms with van der Waals surface area (Å²) in [6, 6.07) is -0.103. The standard InChI is InChI=1S/C6H15NO5P2S/c8-13(9,15-14(10,11)12)7-6-4-2-1-3-5-6/h6H,1-5H2,(H2,7,8,9)(H2,10,11,12). The van der Waals surface area contributed by atoms with E-state index >= 15 is 0 Å². The normalized spacial score (nSPS) is 23.7. The molecule has 1 fully saturated rings. The molecule has 6 nitrogen and oxygen atoms in total.